The van der Waals surface area contributed by atoms with Gasteiger partial charge >= 0.3 is 5.97 Å². The minimum absolute atomic E-state index is 0.183. The van der Waals surface area contributed by atoms with Crippen LogP contribution in [0.2, 0.25) is 0 Å². The van der Waals surface area contributed by atoms with Gasteiger partial charge in [0.25, 0.3) is 0 Å². The largest absolute Gasteiger partial charge is 0.488 e. The monoisotopic (exact) mass is 354 g/mol. The van der Waals surface area contributed by atoms with Crippen LogP contribution in [0.25, 0.3) is 0 Å². The minimum atomic E-state index is -0.979. The molecule has 92 valence electrons. The van der Waals surface area contributed by atoms with E-state index in [4.69, 9.17) is 9.84 Å². The van der Waals surface area contributed by atoms with Gasteiger partial charge in [-0.2, -0.15) is 0 Å². The molecule has 0 heterocycles. The summed E-state index contributed by atoms with van der Waals surface area (Å²) < 4.78 is 6.70. The Labute approximate surface area is 119 Å². The van der Waals surface area contributed by atoms with Crippen molar-refractivity contribution < 1.29 is 14.6 Å². The number of halogens is 1. The van der Waals surface area contributed by atoms with Gasteiger partial charge < -0.3 is 9.84 Å². The second kappa shape index (κ2) is 5.86. The average molecular weight is 354 g/mol. The number of carboxylic acids is 1. The van der Waals surface area contributed by atoms with Crippen molar-refractivity contribution in [1.29, 1.82) is 0 Å². The van der Waals surface area contributed by atoms with Crippen molar-refractivity contribution in [3.8, 4) is 5.75 Å². The molecule has 3 nitrogen and oxygen atoms in total. The van der Waals surface area contributed by atoms with Gasteiger partial charge in [0.2, 0.25) is 0 Å². The minimum Gasteiger partial charge on any atom is -0.488 e. The summed E-state index contributed by atoms with van der Waals surface area (Å²) in [6.45, 7) is 0.362. The Morgan fingerprint density at radius 3 is 2.44 bits per heavy atom. The molecule has 0 spiro atoms. The smallest absolute Gasteiger partial charge is 0.339 e. The van der Waals surface area contributed by atoms with Crippen molar-refractivity contribution in [1.82, 2.24) is 0 Å². The number of ether oxygens (including phenoxy) is 1. The molecule has 0 atom stereocenters. The number of rotatable bonds is 4. The fourth-order valence-electron chi connectivity index (χ4n) is 1.51. The fourth-order valence-corrected chi connectivity index (χ4v) is 1.87. The van der Waals surface area contributed by atoms with Crippen LogP contribution in [0, 0.1) is 3.57 Å². The molecule has 18 heavy (non-hydrogen) atoms. The van der Waals surface area contributed by atoms with Crippen molar-refractivity contribution in [2.24, 2.45) is 0 Å². The lowest BCUT2D eigenvalue weighted by atomic mass is 10.2. The number of carboxylic acid groups (broad SMARTS) is 1. The van der Waals surface area contributed by atoms with Crippen molar-refractivity contribution in [3.63, 3.8) is 0 Å². The van der Waals surface area contributed by atoms with Crippen LogP contribution >= 0.6 is 22.6 Å². The van der Waals surface area contributed by atoms with Crippen LogP contribution in [-0.4, -0.2) is 11.1 Å². The Hall–Kier alpha value is -1.56. The van der Waals surface area contributed by atoms with Gasteiger partial charge in [0.1, 0.15) is 17.9 Å². The maximum Gasteiger partial charge on any atom is 0.339 e. The van der Waals surface area contributed by atoms with E-state index in [1.54, 1.807) is 18.2 Å². The Bertz CT molecular complexity index is 549. The quantitative estimate of drug-likeness (QED) is 0.854. The first-order valence-corrected chi connectivity index (χ1v) is 6.44. The van der Waals surface area contributed by atoms with E-state index in [0.29, 0.717) is 12.4 Å². The molecule has 0 radical (unpaired) electrons. The first-order chi connectivity index (χ1) is 8.66. The summed E-state index contributed by atoms with van der Waals surface area (Å²) in [6.07, 6.45) is 0. The molecule has 0 aromatic heterocycles. The predicted octanol–water partition coefficient (Wildman–Crippen LogP) is 3.57. The first-order valence-electron chi connectivity index (χ1n) is 5.36. The summed E-state index contributed by atoms with van der Waals surface area (Å²) in [6, 6.07) is 14.5. The Morgan fingerprint density at radius 1 is 1.11 bits per heavy atom. The van der Waals surface area contributed by atoms with E-state index in [-0.39, 0.29) is 5.56 Å². The molecule has 0 unspecified atom stereocenters. The van der Waals surface area contributed by atoms with Gasteiger partial charge in [-0.3, -0.25) is 0 Å². The molecule has 2 aromatic carbocycles. The maximum absolute atomic E-state index is 11.0. The summed E-state index contributed by atoms with van der Waals surface area (Å²) in [5, 5.41) is 9.02. The van der Waals surface area contributed by atoms with E-state index in [0.717, 1.165) is 9.13 Å². The van der Waals surface area contributed by atoms with Gasteiger partial charge in [-0.1, -0.05) is 24.3 Å². The molecule has 0 bridgehead atoms. The third-order valence-corrected chi connectivity index (χ3v) is 3.14. The summed E-state index contributed by atoms with van der Waals surface area (Å²) in [7, 11) is 0. The Morgan fingerprint density at radius 2 is 1.78 bits per heavy atom. The molecular formula is C14H11IO3. The third kappa shape index (κ3) is 3.22. The van der Waals surface area contributed by atoms with Crippen LogP contribution in [0.3, 0.4) is 0 Å². The van der Waals surface area contributed by atoms with E-state index < -0.39 is 5.97 Å². The molecule has 1 N–H and O–H groups in total. The number of hydrogen-bond donors (Lipinski definition) is 1. The molecule has 0 amide bonds. The third-order valence-electron chi connectivity index (χ3n) is 2.43. The van der Waals surface area contributed by atoms with Crippen LogP contribution in [0.4, 0.5) is 0 Å². The predicted molar refractivity (Wildman–Crippen MR) is 76.9 cm³/mol. The number of aromatic carboxylic acids is 1. The van der Waals surface area contributed by atoms with E-state index in [1.165, 1.54) is 6.07 Å². The molecule has 0 aliphatic heterocycles. The highest BCUT2D eigenvalue weighted by molar-refractivity contribution is 14.1. The van der Waals surface area contributed by atoms with Crippen molar-refractivity contribution in [3.05, 3.63) is 63.2 Å². The van der Waals surface area contributed by atoms with E-state index in [2.05, 4.69) is 22.6 Å². The summed E-state index contributed by atoms with van der Waals surface area (Å²) >= 11 is 2.23. The van der Waals surface area contributed by atoms with E-state index in [1.807, 2.05) is 24.3 Å². The van der Waals surface area contributed by atoms with Gasteiger partial charge in [0.15, 0.2) is 0 Å². The highest BCUT2D eigenvalue weighted by Gasteiger charge is 2.09. The van der Waals surface area contributed by atoms with Crippen molar-refractivity contribution >= 4 is 28.6 Å². The lowest BCUT2D eigenvalue weighted by Gasteiger charge is -2.08. The second-order valence-corrected chi connectivity index (χ2v) is 4.96. The van der Waals surface area contributed by atoms with Gasteiger partial charge in [-0.15, -0.1) is 0 Å². The van der Waals surface area contributed by atoms with E-state index in [9.17, 15) is 4.79 Å². The Kier molecular flexibility index (Phi) is 4.19. The molecule has 0 fully saturated rings. The molecule has 2 rings (SSSR count). The zero-order chi connectivity index (χ0) is 13.0. The topological polar surface area (TPSA) is 46.5 Å². The van der Waals surface area contributed by atoms with Crippen molar-refractivity contribution in [2.75, 3.05) is 0 Å². The molecule has 0 aliphatic carbocycles. The molecule has 0 saturated heterocycles. The van der Waals surface area contributed by atoms with Crippen LogP contribution in [-0.2, 0) is 6.61 Å². The second-order valence-electron chi connectivity index (χ2n) is 3.72. The molecular weight excluding hydrogens is 343 g/mol. The normalized spacial score (nSPS) is 10.1. The lowest BCUT2D eigenvalue weighted by Crippen LogP contribution is -2.03. The highest BCUT2D eigenvalue weighted by atomic mass is 127. The summed E-state index contributed by atoms with van der Waals surface area (Å²) in [5.41, 5.74) is 1.19. The van der Waals surface area contributed by atoms with Crippen LogP contribution in [0.1, 0.15) is 15.9 Å². The number of hydrogen-bond acceptors (Lipinski definition) is 2. The van der Waals surface area contributed by atoms with Gasteiger partial charge in [-0.05, 0) is 52.4 Å². The average Bonchev–Trinajstić information content (AvgIpc) is 2.38. The van der Waals surface area contributed by atoms with Crippen molar-refractivity contribution in [2.45, 2.75) is 6.61 Å². The van der Waals surface area contributed by atoms with Crippen LogP contribution in [0.15, 0.2) is 48.5 Å². The van der Waals surface area contributed by atoms with Gasteiger partial charge in [0, 0.05) is 3.57 Å². The first kappa shape index (κ1) is 12.9. The summed E-state index contributed by atoms with van der Waals surface area (Å²) in [5.74, 6) is -0.586. The van der Waals surface area contributed by atoms with Crippen LogP contribution < -0.4 is 4.74 Å². The molecule has 2 aromatic rings. The molecule has 0 aliphatic rings. The van der Waals surface area contributed by atoms with E-state index >= 15 is 0 Å². The van der Waals surface area contributed by atoms with Crippen LogP contribution in [0.5, 0.6) is 5.75 Å². The summed E-state index contributed by atoms with van der Waals surface area (Å²) in [4.78, 5) is 11.0. The number of para-hydroxylation sites is 1. The zero-order valence-electron chi connectivity index (χ0n) is 9.47. The zero-order valence-corrected chi connectivity index (χ0v) is 11.6. The molecule has 4 heteroatoms. The highest BCUT2D eigenvalue weighted by Crippen LogP contribution is 2.19. The van der Waals surface area contributed by atoms with Gasteiger partial charge in [0.05, 0.1) is 0 Å². The maximum atomic E-state index is 11.0. The fraction of sp³-hybridized carbons (Fsp3) is 0.0714. The molecule has 0 saturated carbocycles. The standard InChI is InChI=1S/C14H11IO3/c15-11-7-5-10(6-8-11)9-18-13-4-2-1-3-12(13)14(16)17/h1-8H,9H2,(H,16,17). The number of carbonyl (C=O) groups is 1. The number of benzene rings is 2. The lowest BCUT2D eigenvalue weighted by molar-refractivity contribution is 0.0692. The Balaban J connectivity index is 2.10. The SMILES string of the molecule is O=C(O)c1ccccc1OCc1ccc(I)cc1. The van der Waals surface area contributed by atoms with Gasteiger partial charge in [-0.25, -0.2) is 4.79 Å².